The van der Waals surface area contributed by atoms with E-state index in [9.17, 15) is 27.6 Å². The number of ketones is 1. The number of anilines is 2. The van der Waals surface area contributed by atoms with Gasteiger partial charge in [0, 0.05) is 43.9 Å². The molecular formula is C28H33F3N4O4. The van der Waals surface area contributed by atoms with Crippen molar-refractivity contribution in [3.63, 3.8) is 0 Å². The number of benzene rings is 2. The molecule has 39 heavy (non-hydrogen) atoms. The van der Waals surface area contributed by atoms with Gasteiger partial charge in [0.1, 0.15) is 5.71 Å². The molecule has 1 aliphatic heterocycles. The molecule has 0 aliphatic carbocycles. The summed E-state index contributed by atoms with van der Waals surface area (Å²) in [6.07, 6.45) is 2.89. The maximum atomic E-state index is 13.1. The molecule has 2 aromatic rings. The largest absolute Gasteiger partial charge is 0.449 e. The first-order chi connectivity index (χ1) is 18.5. The first-order valence-electron chi connectivity index (χ1n) is 12.5. The van der Waals surface area contributed by atoms with Gasteiger partial charge in [-0.25, -0.2) is 18.0 Å². The third kappa shape index (κ3) is 9.91. The molecule has 0 saturated carbocycles. The van der Waals surface area contributed by atoms with Crippen molar-refractivity contribution in [2.24, 2.45) is 5.10 Å². The summed E-state index contributed by atoms with van der Waals surface area (Å²) in [4.78, 5) is 36.1. The van der Waals surface area contributed by atoms with Crippen LogP contribution in [0.1, 0.15) is 38.7 Å². The van der Waals surface area contributed by atoms with E-state index >= 15 is 0 Å². The molecule has 1 aliphatic rings. The lowest BCUT2D eigenvalue weighted by molar-refractivity contribution is -0.127. The lowest BCUT2D eigenvalue weighted by Crippen LogP contribution is -2.27. The summed E-state index contributed by atoms with van der Waals surface area (Å²) in [7, 11) is 0. The van der Waals surface area contributed by atoms with Crippen molar-refractivity contribution in [3.8, 4) is 0 Å². The van der Waals surface area contributed by atoms with Crippen LogP contribution in [0.2, 0.25) is 0 Å². The Balaban J connectivity index is 0.000000274. The Morgan fingerprint density at radius 3 is 2.46 bits per heavy atom. The second kappa shape index (κ2) is 15.3. The van der Waals surface area contributed by atoms with Crippen LogP contribution < -0.4 is 10.3 Å². The summed E-state index contributed by atoms with van der Waals surface area (Å²) in [5, 5.41) is 7.80. The number of aryl methyl sites for hydroxylation is 1. The standard InChI is InChI=1S/C15H20N2O3.C13H13F3N2O/c1-12-5-2-6-13(11-12)16-15(19)20-10-4-9-17-8-3-7-14(17)18;1-4-12(19)8(3)17-18(5-2)9-6-10(14)13(16)11(15)7-9/h2,5-6,11H,3-4,7-10H2,1H3,(H,16,19);4,6-7H,1,5H2,2-3H3/b;17-8-. The van der Waals surface area contributed by atoms with Gasteiger partial charge in [-0.3, -0.25) is 19.9 Å². The summed E-state index contributed by atoms with van der Waals surface area (Å²) >= 11 is 0. The lowest BCUT2D eigenvalue weighted by atomic mass is 10.2. The SMILES string of the molecule is C=CC(=O)/C(C)=N\N(CC)c1cc(F)c(F)c(F)c1.Cc1cccc(NC(=O)OCCCN2CCCC2=O)c1. The highest BCUT2D eigenvalue weighted by atomic mass is 19.2. The van der Waals surface area contributed by atoms with E-state index in [1.54, 1.807) is 6.92 Å². The molecule has 11 heteroatoms. The zero-order valence-electron chi connectivity index (χ0n) is 22.3. The maximum absolute atomic E-state index is 13.1. The van der Waals surface area contributed by atoms with Gasteiger partial charge >= 0.3 is 6.09 Å². The first kappa shape index (κ1) is 31.1. The predicted molar refractivity (Wildman–Crippen MR) is 144 cm³/mol. The van der Waals surface area contributed by atoms with Crippen molar-refractivity contribution in [1.29, 1.82) is 0 Å². The number of likely N-dealkylation sites (tertiary alicyclic amines) is 1. The van der Waals surface area contributed by atoms with Crippen LogP contribution in [0, 0.1) is 24.4 Å². The number of carbonyl (C=O) groups is 3. The second-order valence-electron chi connectivity index (χ2n) is 8.66. The number of ether oxygens (including phenoxy) is 1. The molecular weight excluding hydrogens is 513 g/mol. The molecule has 1 heterocycles. The Morgan fingerprint density at radius 1 is 1.21 bits per heavy atom. The van der Waals surface area contributed by atoms with Crippen LogP contribution in [0.5, 0.6) is 0 Å². The fourth-order valence-corrected chi connectivity index (χ4v) is 3.62. The van der Waals surface area contributed by atoms with Crippen molar-refractivity contribution >= 4 is 34.9 Å². The molecule has 0 spiro atoms. The van der Waals surface area contributed by atoms with Crippen LogP contribution in [-0.4, -0.2) is 54.6 Å². The number of halogens is 3. The molecule has 1 N–H and O–H groups in total. The van der Waals surface area contributed by atoms with Crippen molar-refractivity contribution in [2.45, 2.75) is 40.0 Å². The molecule has 2 amide bonds. The van der Waals surface area contributed by atoms with E-state index in [1.807, 2.05) is 36.1 Å². The van der Waals surface area contributed by atoms with E-state index in [4.69, 9.17) is 4.74 Å². The maximum Gasteiger partial charge on any atom is 0.411 e. The fourth-order valence-electron chi connectivity index (χ4n) is 3.62. The Morgan fingerprint density at radius 2 is 1.90 bits per heavy atom. The molecule has 0 unspecified atom stereocenters. The van der Waals surface area contributed by atoms with Crippen LogP contribution in [0.25, 0.3) is 0 Å². The summed E-state index contributed by atoms with van der Waals surface area (Å²) in [6.45, 7) is 10.5. The van der Waals surface area contributed by atoms with Gasteiger partial charge in [0.05, 0.1) is 12.3 Å². The first-order valence-corrected chi connectivity index (χ1v) is 12.5. The monoisotopic (exact) mass is 546 g/mol. The molecule has 1 saturated heterocycles. The number of carbonyl (C=O) groups excluding carboxylic acids is 3. The van der Waals surface area contributed by atoms with E-state index < -0.39 is 29.3 Å². The highest BCUT2D eigenvalue weighted by molar-refractivity contribution is 6.43. The zero-order valence-corrected chi connectivity index (χ0v) is 22.3. The minimum Gasteiger partial charge on any atom is -0.449 e. The molecule has 210 valence electrons. The van der Waals surface area contributed by atoms with Gasteiger partial charge in [-0.2, -0.15) is 5.10 Å². The third-order valence-corrected chi connectivity index (χ3v) is 5.62. The zero-order chi connectivity index (χ0) is 28.9. The molecule has 1 fully saturated rings. The predicted octanol–water partition coefficient (Wildman–Crippen LogP) is 5.62. The molecule has 0 radical (unpaired) electrons. The lowest BCUT2D eigenvalue weighted by Gasteiger charge is -2.18. The number of nitrogens with zero attached hydrogens (tertiary/aromatic N) is 3. The van der Waals surface area contributed by atoms with Gasteiger partial charge in [0.2, 0.25) is 11.7 Å². The highest BCUT2D eigenvalue weighted by Gasteiger charge is 2.19. The minimum absolute atomic E-state index is 0.0233. The number of allylic oxidation sites excluding steroid dienone is 1. The van der Waals surface area contributed by atoms with Crippen LogP contribution in [-0.2, 0) is 14.3 Å². The smallest absolute Gasteiger partial charge is 0.411 e. The number of amides is 2. The van der Waals surface area contributed by atoms with Crippen molar-refractivity contribution in [1.82, 2.24) is 4.90 Å². The molecule has 2 aromatic carbocycles. The number of hydrogen-bond acceptors (Lipinski definition) is 6. The van der Waals surface area contributed by atoms with Crippen molar-refractivity contribution < 1.29 is 32.3 Å². The Bertz CT molecular complexity index is 1200. The van der Waals surface area contributed by atoms with E-state index in [0.717, 1.165) is 42.4 Å². The number of hydrazone groups is 1. The van der Waals surface area contributed by atoms with Gasteiger partial charge in [-0.1, -0.05) is 18.7 Å². The molecule has 0 atom stereocenters. The molecule has 8 nitrogen and oxygen atoms in total. The fraction of sp³-hybridized carbons (Fsp3) is 0.357. The van der Waals surface area contributed by atoms with Crippen LogP contribution in [0.3, 0.4) is 0 Å². The van der Waals surface area contributed by atoms with Crippen LogP contribution >= 0.6 is 0 Å². The minimum atomic E-state index is -1.54. The third-order valence-electron chi connectivity index (χ3n) is 5.62. The quantitative estimate of drug-likeness (QED) is 0.137. The Labute approximate surface area is 226 Å². The highest BCUT2D eigenvalue weighted by Crippen LogP contribution is 2.21. The van der Waals surface area contributed by atoms with Crippen molar-refractivity contribution in [2.75, 3.05) is 36.6 Å². The van der Waals surface area contributed by atoms with Gasteiger partial charge < -0.3 is 9.64 Å². The average Bonchev–Trinajstić information content (AvgIpc) is 3.32. The summed E-state index contributed by atoms with van der Waals surface area (Å²) in [6, 6.07) is 9.17. The number of hydrogen-bond donors (Lipinski definition) is 1. The molecule has 3 rings (SSSR count). The van der Waals surface area contributed by atoms with E-state index in [0.29, 0.717) is 26.0 Å². The van der Waals surface area contributed by atoms with Gasteiger partial charge in [0.15, 0.2) is 17.5 Å². The summed E-state index contributed by atoms with van der Waals surface area (Å²) in [5.41, 5.74) is 1.94. The topological polar surface area (TPSA) is 91.3 Å². The van der Waals surface area contributed by atoms with E-state index in [-0.39, 0.29) is 23.9 Å². The molecule has 0 aromatic heterocycles. The van der Waals surface area contributed by atoms with E-state index in [1.165, 1.54) is 11.9 Å². The van der Waals surface area contributed by atoms with E-state index in [2.05, 4.69) is 17.0 Å². The number of nitrogens with one attached hydrogen (secondary N) is 1. The van der Waals surface area contributed by atoms with Crippen LogP contribution in [0.4, 0.5) is 29.3 Å². The van der Waals surface area contributed by atoms with Crippen molar-refractivity contribution in [3.05, 3.63) is 72.1 Å². The van der Waals surface area contributed by atoms with Crippen LogP contribution in [0.15, 0.2) is 54.2 Å². The van der Waals surface area contributed by atoms with Gasteiger partial charge in [-0.05, 0) is 57.4 Å². The summed E-state index contributed by atoms with van der Waals surface area (Å²) in [5.74, 6) is -4.36. The average molecular weight is 547 g/mol. The van der Waals surface area contributed by atoms with Gasteiger partial charge in [0.25, 0.3) is 0 Å². The Hall–Kier alpha value is -4.15. The molecule has 0 bridgehead atoms. The summed E-state index contributed by atoms with van der Waals surface area (Å²) < 4.78 is 44.2. The van der Waals surface area contributed by atoms with Gasteiger partial charge in [-0.15, -0.1) is 0 Å². The Kier molecular flexibility index (Phi) is 12.2. The number of rotatable bonds is 10. The second-order valence-corrected chi connectivity index (χ2v) is 8.66. The normalized spacial score (nSPS) is 12.9.